The summed E-state index contributed by atoms with van der Waals surface area (Å²) in [4.78, 5) is 12.6. The number of hydrogen-bond donors (Lipinski definition) is 1. The minimum absolute atomic E-state index is 0.145. The first-order valence-electron chi connectivity index (χ1n) is 9.67. The van der Waals surface area contributed by atoms with Gasteiger partial charge in [-0.15, -0.1) is 0 Å². The zero-order chi connectivity index (χ0) is 20.9. The highest BCUT2D eigenvalue weighted by Gasteiger charge is 2.29. The van der Waals surface area contributed by atoms with Crippen molar-refractivity contribution in [2.75, 3.05) is 35.6 Å². The van der Waals surface area contributed by atoms with Crippen molar-refractivity contribution >= 4 is 27.3 Å². The average molecular weight is 419 g/mol. The van der Waals surface area contributed by atoms with Gasteiger partial charge in [0.1, 0.15) is 11.5 Å². The van der Waals surface area contributed by atoms with Gasteiger partial charge in [0, 0.05) is 18.2 Å². The summed E-state index contributed by atoms with van der Waals surface area (Å²) in [5.74, 6) is 0.984. The molecule has 1 aliphatic heterocycles. The van der Waals surface area contributed by atoms with Gasteiger partial charge in [0.25, 0.3) is 5.91 Å². The molecule has 1 saturated heterocycles. The van der Waals surface area contributed by atoms with Crippen molar-refractivity contribution in [2.24, 2.45) is 0 Å². The second kappa shape index (κ2) is 9.17. The Morgan fingerprint density at radius 3 is 2.55 bits per heavy atom. The molecule has 0 atom stereocenters. The fourth-order valence-electron chi connectivity index (χ4n) is 3.10. The number of carbonyl (C=O) groups is 1. The molecule has 2 aromatic carbocycles. The third kappa shape index (κ3) is 5.00. The van der Waals surface area contributed by atoms with Crippen molar-refractivity contribution in [2.45, 2.75) is 26.2 Å². The number of anilines is 2. The minimum Gasteiger partial charge on any atom is -0.494 e. The van der Waals surface area contributed by atoms with E-state index in [-0.39, 0.29) is 11.7 Å². The standard InChI is InChI=1S/C21H26N2O5S/c1-3-4-13-28-18-9-6-16(7-10-18)21(24)22-19-11-8-17(15-20(19)27-2)23-12-5-14-29(23,25)26/h6-11,15H,3-5,12-14H2,1-2H3,(H,22,24). The van der Waals surface area contributed by atoms with Crippen molar-refractivity contribution in [1.82, 2.24) is 0 Å². The van der Waals surface area contributed by atoms with Gasteiger partial charge in [-0.1, -0.05) is 13.3 Å². The normalized spacial score (nSPS) is 15.2. The van der Waals surface area contributed by atoms with Crippen LogP contribution in [0.2, 0.25) is 0 Å². The van der Waals surface area contributed by atoms with Gasteiger partial charge in [-0.2, -0.15) is 0 Å². The summed E-state index contributed by atoms with van der Waals surface area (Å²) >= 11 is 0. The molecule has 1 aliphatic rings. The number of nitrogens with zero attached hydrogens (tertiary/aromatic N) is 1. The fourth-order valence-corrected chi connectivity index (χ4v) is 4.66. The van der Waals surface area contributed by atoms with Crippen LogP contribution in [0.5, 0.6) is 11.5 Å². The van der Waals surface area contributed by atoms with Gasteiger partial charge in [0.2, 0.25) is 10.0 Å². The van der Waals surface area contributed by atoms with E-state index >= 15 is 0 Å². The van der Waals surface area contributed by atoms with E-state index in [1.54, 1.807) is 42.5 Å². The van der Waals surface area contributed by atoms with E-state index in [9.17, 15) is 13.2 Å². The van der Waals surface area contributed by atoms with Crippen LogP contribution in [-0.4, -0.2) is 40.3 Å². The fraction of sp³-hybridized carbons (Fsp3) is 0.381. The molecular weight excluding hydrogens is 392 g/mol. The number of sulfonamides is 1. The van der Waals surface area contributed by atoms with Crippen LogP contribution < -0.4 is 19.1 Å². The Labute approximate surface area is 171 Å². The van der Waals surface area contributed by atoms with Gasteiger partial charge >= 0.3 is 0 Å². The van der Waals surface area contributed by atoms with E-state index in [1.165, 1.54) is 11.4 Å². The lowest BCUT2D eigenvalue weighted by Crippen LogP contribution is -2.25. The topological polar surface area (TPSA) is 84.9 Å². The molecule has 3 rings (SSSR count). The van der Waals surface area contributed by atoms with E-state index in [0.29, 0.717) is 42.3 Å². The zero-order valence-corrected chi connectivity index (χ0v) is 17.5. The van der Waals surface area contributed by atoms with Crippen LogP contribution in [0.25, 0.3) is 0 Å². The summed E-state index contributed by atoms with van der Waals surface area (Å²) in [5, 5.41) is 2.82. The number of amides is 1. The highest BCUT2D eigenvalue weighted by molar-refractivity contribution is 7.93. The predicted octanol–water partition coefficient (Wildman–Crippen LogP) is 3.67. The molecule has 1 N–H and O–H groups in total. The average Bonchev–Trinajstić information content (AvgIpc) is 3.08. The number of carbonyl (C=O) groups excluding carboxylic acids is 1. The second-order valence-electron chi connectivity index (χ2n) is 6.81. The van der Waals surface area contributed by atoms with Crippen molar-refractivity contribution < 1.29 is 22.7 Å². The number of methoxy groups -OCH3 is 1. The molecule has 0 aliphatic carbocycles. The van der Waals surface area contributed by atoms with E-state index < -0.39 is 10.0 Å². The smallest absolute Gasteiger partial charge is 0.255 e. The molecule has 0 unspecified atom stereocenters. The van der Waals surface area contributed by atoms with Crippen molar-refractivity contribution in [3.63, 3.8) is 0 Å². The maximum Gasteiger partial charge on any atom is 0.255 e. The molecule has 1 heterocycles. The van der Waals surface area contributed by atoms with Crippen LogP contribution in [0, 0.1) is 0 Å². The minimum atomic E-state index is -3.28. The summed E-state index contributed by atoms with van der Waals surface area (Å²) in [6.45, 7) is 3.20. The van der Waals surface area contributed by atoms with Gasteiger partial charge in [0.05, 0.1) is 30.8 Å². The lowest BCUT2D eigenvalue weighted by molar-refractivity contribution is 0.102. The highest BCUT2D eigenvalue weighted by atomic mass is 32.2. The third-order valence-corrected chi connectivity index (χ3v) is 6.57. The molecule has 0 saturated carbocycles. The molecule has 2 aromatic rings. The predicted molar refractivity (Wildman–Crippen MR) is 114 cm³/mol. The molecule has 8 heteroatoms. The molecule has 7 nitrogen and oxygen atoms in total. The Morgan fingerprint density at radius 2 is 1.93 bits per heavy atom. The van der Waals surface area contributed by atoms with Crippen LogP contribution in [0.15, 0.2) is 42.5 Å². The van der Waals surface area contributed by atoms with Crippen molar-refractivity contribution in [3.8, 4) is 11.5 Å². The molecule has 0 aromatic heterocycles. The van der Waals surface area contributed by atoms with Crippen LogP contribution in [0.3, 0.4) is 0 Å². The van der Waals surface area contributed by atoms with Crippen LogP contribution in [-0.2, 0) is 10.0 Å². The number of ether oxygens (including phenoxy) is 2. The number of nitrogens with one attached hydrogen (secondary N) is 1. The van der Waals surface area contributed by atoms with Gasteiger partial charge < -0.3 is 14.8 Å². The largest absolute Gasteiger partial charge is 0.494 e. The lowest BCUT2D eigenvalue weighted by Gasteiger charge is -2.19. The maximum absolute atomic E-state index is 12.6. The highest BCUT2D eigenvalue weighted by Crippen LogP contribution is 2.33. The van der Waals surface area contributed by atoms with E-state index in [4.69, 9.17) is 9.47 Å². The van der Waals surface area contributed by atoms with E-state index in [2.05, 4.69) is 12.2 Å². The number of unbranched alkanes of at least 4 members (excludes halogenated alkanes) is 1. The van der Waals surface area contributed by atoms with Crippen molar-refractivity contribution in [3.05, 3.63) is 48.0 Å². The molecule has 156 valence electrons. The quantitative estimate of drug-likeness (QED) is 0.661. The zero-order valence-electron chi connectivity index (χ0n) is 16.7. The molecule has 0 radical (unpaired) electrons. The first-order valence-corrected chi connectivity index (χ1v) is 11.3. The summed E-state index contributed by atoms with van der Waals surface area (Å²) in [6.07, 6.45) is 2.64. The SMILES string of the molecule is CCCCOc1ccc(C(=O)Nc2ccc(N3CCCS3(=O)=O)cc2OC)cc1. The number of benzene rings is 2. The van der Waals surface area contributed by atoms with E-state index in [1.807, 2.05) is 0 Å². The lowest BCUT2D eigenvalue weighted by atomic mass is 10.2. The molecule has 0 bridgehead atoms. The molecule has 29 heavy (non-hydrogen) atoms. The summed E-state index contributed by atoms with van der Waals surface area (Å²) in [6, 6.07) is 11.9. The van der Waals surface area contributed by atoms with Gasteiger partial charge in [-0.3, -0.25) is 9.10 Å². The number of rotatable bonds is 8. The summed E-state index contributed by atoms with van der Waals surface area (Å²) in [5.41, 5.74) is 1.49. The Balaban J connectivity index is 1.71. The van der Waals surface area contributed by atoms with Crippen molar-refractivity contribution in [1.29, 1.82) is 0 Å². The van der Waals surface area contributed by atoms with Crippen LogP contribution in [0.4, 0.5) is 11.4 Å². The van der Waals surface area contributed by atoms with Gasteiger partial charge in [-0.25, -0.2) is 8.42 Å². The monoisotopic (exact) mass is 418 g/mol. The van der Waals surface area contributed by atoms with Gasteiger partial charge in [-0.05, 0) is 49.2 Å². The molecule has 0 spiro atoms. The van der Waals surface area contributed by atoms with Crippen LogP contribution >= 0.6 is 0 Å². The molecule has 1 amide bonds. The van der Waals surface area contributed by atoms with Gasteiger partial charge in [0.15, 0.2) is 0 Å². The summed E-state index contributed by atoms with van der Waals surface area (Å²) in [7, 11) is -1.80. The third-order valence-electron chi connectivity index (χ3n) is 4.70. The second-order valence-corrected chi connectivity index (χ2v) is 8.82. The summed E-state index contributed by atoms with van der Waals surface area (Å²) < 4.78 is 36.6. The Hall–Kier alpha value is -2.74. The Bertz CT molecular complexity index is 958. The Kier molecular flexibility index (Phi) is 6.64. The Morgan fingerprint density at radius 1 is 1.17 bits per heavy atom. The van der Waals surface area contributed by atoms with Crippen LogP contribution in [0.1, 0.15) is 36.5 Å². The first-order chi connectivity index (χ1) is 13.9. The molecule has 1 fully saturated rings. The maximum atomic E-state index is 12.6. The first kappa shape index (κ1) is 21.0. The number of hydrogen-bond acceptors (Lipinski definition) is 5. The van der Waals surface area contributed by atoms with E-state index in [0.717, 1.165) is 18.6 Å². The molecular formula is C21H26N2O5S.